The number of rotatable bonds is 7. The van der Waals surface area contributed by atoms with E-state index in [9.17, 15) is 18.0 Å². The van der Waals surface area contributed by atoms with Crippen molar-refractivity contribution in [3.05, 3.63) is 71.9 Å². The van der Waals surface area contributed by atoms with Crippen LogP contribution in [0.15, 0.2) is 60.5 Å². The fourth-order valence-corrected chi connectivity index (χ4v) is 4.40. The summed E-state index contributed by atoms with van der Waals surface area (Å²) >= 11 is 1.27. The van der Waals surface area contributed by atoms with E-state index < -0.39 is 21.8 Å². The summed E-state index contributed by atoms with van der Waals surface area (Å²) in [6, 6.07) is 9.17. The lowest BCUT2D eigenvalue weighted by Gasteiger charge is -2.06. The van der Waals surface area contributed by atoms with Crippen molar-refractivity contribution in [3.63, 3.8) is 0 Å². The fourth-order valence-electron chi connectivity index (χ4n) is 3.07. The topological polar surface area (TPSA) is 128 Å². The SMILES string of the molecule is Cc1nccn1-c1cccc(-c2csc(NC(=O)CNC(=O)c3ccn(S(C)(=O)=O)c3)n2)c1. The van der Waals surface area contributed by atoms with Gasteiger partial charge < -0.3 is 15.2 Å². The number of hydrogen-bond donors (Lipinski definition) is 2. The number of imidazole rings is 1. The van der Waals surface area contributed by atoms with Crippen molar-refractivity contribution in [1.82, 2.24) is 23.8 Å². The van der Waals surface area contributed by atoms with Crippen LogP contribution in [-0.2, 0) is 14.8 Å². The number of anilines is 1. The van der Waals surface area contributed by atoms with Crippen molar-refractivity contribution in [2.75, 3.05) is 18.1 Å². The molecular formula is C21H20N6O4S2. The molecule has 0 aliphatic carbocycles. The Morgan fingerprint density at radius 3 is 2.70 bits per heavy atom. The highest BCUT2D eigenvalue weighted by Gasteiger charge is 2.14. The molecule has 1 aromatic carbocycles. The molecule has 0 saturated carbocycles. The Morgan fingerprint density at radius 2 is 2.00 bits per heavy atom. The molecule has 3 heterocycles. The van der Waals surface area contributed by atoms with Gasteiger partial charge in [0.2, 0.25) is 15.9 Å². The lowest BCUT2D eigenvalue weighted by molar-refractivity contribution is -0.115. The predicted octanol–water partition coefficient (Wildman–Crippen LogP) is 2.28. The number of nitrogens with zero attached hydrogens (tertiary/aromatic N) is 4. The molecule has 0 aliphatic rings. The largest absolute Gasteiger partial charge is 0.343 e. The maximum atomic E-state index is 12.2. The van der Waals surface area contributed by atoms with Crippen molar-refractivity contribution in [2.45, 2.75) is 6.92 Å². The zero-order valence-corrected chi connectivity index (χ0v) is 19.4. The fraction of sp³-hybridized carbons (Fsp3) is 0.143. The molecule has 4 aromatic rings. The summed E-state index contributed by atoms with van der Waals surface area (Å²) in [7, 11) is -3.48. The third-order valence-corrected chi connectivity index (χ3v) is 6.47. The summed E-state index contributed by atoms with van der Waals surface area (Å²) in [6.45, 7) is 1.64. The van der Waals surface area contributed by atoms with E-state index in [1.54, 1.807) is 6.20 Å². The lowest BCUT2D eigenvalue weighted by atomic mass is 10.1. The van der Waals surface area contributed by atoms with E-state index in [2.05, 4.69) is 20.6 Å². The van der Waals surface area contributed by atoms with Gasteiger partial charge in [0.15, 0.2) is 5.13 Å². The number of aromatic nitrogens is 4. The van der Waals surface area contributed by atoms with Crippen LogP contribution in [-0.4, -0.2) is 51.5 Å². The molecule has 0 bridgehead atoms. The molecular weight excluding hydrogens is 464 g/mol. The second-order valence-corrected chi connectivity index (χ2v) is 9.90. The maximum absolute atomic E-state index is 12.2. The smallest absolute Gasteiger partial charge is 0.253 e. The van der Waals surface area contributed by atoms with Gasteiger partial charge in [-0.3, -0.25) is 13.6 Å². The number of benzene rings is 1. The molecule has 0 fully saturated rings. The first-order valence-electron chi connectivity index (χ1n) is 9.73. The molecule has 2 N–H and O–H groups in total. The number of hydrogen-bond acceptors (Lipinski definition) is 7. The summed E-state index contributed by atoms with van der Waals surface area (Å²) in [6.07, 6.45) is 7.10. The van der Waals surface area contributed by atoms with Crippen LogP contribution in [0.2, 0.25) is 0 Å². The van der Waals surface area contributed by atoms with Crippen LogP contribution >= 0.6 is 11.3 Å². The minimum Gasteiger partial charge on any atom is -0.343 e. The summed E-state index contributed by atoms with van der Waals surface area (Å²) < 4.78 is 25.9. The first-order chi connectivity index (χ1) is 15.7. The minimum atomic E-state index is -3.48. The molecule has 0 spiro atoms. The van der Waals surface area contributed by atoms with Gasteiger partial charge in [-0.2, -0.15) is 0 Å². The standard InChI is InChI=1S/C21H20N6O4S2/c1-14-22-7-9-27(14)17-5-3-4-15(10-17)18-13-32-21(24-18)25-19(28)11-23-20(29)16-6-8-26(12-16)33(2,30)31/h3-10,12-13H,11H2,1-2H3,(H,23,29)(H,24,25,28). The first kappa shape index (κ1) is 22.4. The molecule has 4 rings (SSSR count). The second kappa shape index (κ2) is 9.00. The van der Waals surface area contributed by atoms with E-state index >= 15 is 0 Å². The Morgan fingerprint density at radius 1 is 1.18 bits per heavy atom. The summed E-state index contributed by atoms with van der Waals surface area (Å²) in [5.74, 6) is -0.137. The van der Waals surface area contributed by atoms with Crippen LogP contribution in [0.1, 0.15) is 16.2 Å². The normalized spacial score (nSPS) is 11.3. The third kappa shape index (κ3) is 5.18. The van der Waals surface area contributed by atoms with Gasteiger partial charge in [-0.15, -0.1) is 11.3 Å². The molecule has 0 unspecified atom stereocenters. The van der Waals surface area contributed by atoms with Crippen LogP contribution in [0.4, 0.5) is 5.13 Å². The molecule has 2 amide bonds. The van der Waals surface area contributed by atoms with Crippen LogP contribution in [0.25, 0.3) is 16.9 Å². The molecule has 170 valence electrons. The lowest BCUT2D eigenvalue weighted by Crippen LogP contribution is -2.32. The Labute approximate surface area is 194 Å². The molecule has 0 aliphatic heterocycles. The molecule has 0 radical (unpaired) electrons. The van der Waals surface area contributed by atoms with Gasteiger partial charge in [-0.1, -0.05) is 12.1 Å². The van der Waals surface area contributed by atoms with Gasteiger partial charge in [0.1, 0.15) is 5.82 Å². The number of carbonyl (C=O) groups is 2. The number of amides is 2. The quantitative estimate of drug-likeness (QED) is 0.414. The summed E-state index contributed by atoms with van der Waals surface area (Å²) in [5.41, 5.74) is 2.69. The van der Waals surface area contributed by atoms with Crippen molar-refractivity contribution in [3.8, 4) is 16.9 Å². The predicted molar refractivity (Wildman–Crippen MR) is 125 cm³/mol. The monoisotopic (exact) mass is 484 g/mol. The van der Waals surface area contributed by atoms with E-state index in [1.807, 2.05) is 47.3 Å². The number of nitrogens with one attached hydrogen (secondary N) is 2. The van der Waals surface area contributed by atoms with E-state index in [1.165, 1.54) is 29.8 Å². The van der Waals surface area contributed by atoms with Crippen LogP contribution in [0.3, 0.4) is 0 Å². The van der Waals surface area contributed by atoms with Gasteiger partial charge in [-0.05, 0) is 25.1 Å². The molecule has 3 aromatic heterocycles. The Hall–Kier alpha value is -3.77. The van der Waals surface area contributed by atoms with E-state index in [-0.39, 0.29) is 12.1 Å². The Bertz CT molecular complexity index is 1430. The molecule has 12 heteroatoms. The average molecular weight is 485 g/mol. The van der Waals surface area contributed by atoms with Crippen molar-refractivity contribution in [2.24, 2.45) is 0 Å². The van der Waals surface area contributed by atoms with E-state index in [0.29, 0.717) is 10.8 Å². The zero-order chi connectivity index (χ0) is 23.6. The second-order valence-electron chi connectivity index (χ2n) is 7.16. The molecule has 0 atom stereocenters. The first-order valence-corrected chi connectivity index (χ1v) is 12.5. The minimum absolute atomic E-state index is 0.137. The van der Waals surface area contributed by atoms with Gasteiger partial charge in [0.05, 0.1) is 24.1 Å². The van der Waals surface area contributed by atoms with Gasteiger partial charge in [0, 0.05) is 41.4 Å². The van der Waals surface area contributed by atoms with Crippen LogP contribution in [0, 0.1) is 6.92 Å². The van der Waals surface area contributed by atoms with Gasteiger partial charge in [-0.25, -0.2) is 18.4 Å². The van der Waals surface area contributed by atoms with Crippen molar-refractivity contribution in [1.29, 1.82) is 0 Å². The third-order valence-electron chi connectivity index (χ3n) is 4.72. The molecule has 33 heavy (non-hydrogen) atoms. The van der Waals surface area contributed by atoms with Crippen molar-refractivity contribution >= 4 is 38.3 Å². The highest BCUT2D eigenvalue weighted by molar-refractivity contribution is 7.89. The number of carbonyl (C=O) groups excluding carboxylic acids is 2. The van der Waals surface area contributed by atoms with Crippen LogP contribution in [0.5, 0.6) is 0 Å². The van der Waals surface area contributed by atoms with E-state index in [0.717, 1.165) is 27.3 Å². The van der Waals surface area contributed by atoms with Crippen LogP contribution < -0.4 is 10.6 Å². The summed E-state index contributed by atoms with van der Waals surface area (Å²) in [5, 5.41) is 7.35. The Kier molecular flexibility index (Phi) is 6.11. The van der Waals surface area contributed by atoms with Crippen molar-refractivity contribution < 1.29 is 18.0 Å². The number of thiazole rings is 1. The maximum Gasteiger partial charge on any atom is 0.253 e. The molecule has 0 saturated heterocycles. The number of aryl methyl sites for hydroxylation is 1. The zero-order valence-electron chi connectivity index (χ0n) is 17.7. The van der Waals surface area contributed by atoms with E-state index in [4.69, 9.17) is 0 Å². The van der Waals surface area contributed by atoms with Gasteiger partial charge >= 0.3 is 0 Å². The highest BCUT2D eigenvalue weighted by atomic mass is 32.2. The Balaban J connectivity index is 1.37. The average Bonchev–Trinajstić information content (AvgIpc) is 3.52. The highest BCUT2D eigenvalue weighted by Crippen LogP contribution is 2.26. The molecule has 10 nitrogen and oxygen atoms in total. The summed E-state index contributed by atoms with van der Waals surface area (Å²) in [4.78, 5) is 33.1. The van der Waals surface area contributed by atoms with Gasteiger partial charge in [0.25, 0.3) is 5.91 Å².